The molecule has 7 heteroatoms. The van der Waals surface area contributed by atoms with Crippen LogP contribution in [0.4, 0.5) is 0 Å². The third-order valence-corrected chi connectivity index (χ3v) is 9.60. The minimum Gasteiger partial charge on any atom is -0.507 e. The fourth-order valence-corrected chi connectivity index (χ4v) is 7.80. The molecule has 0 fully saturated rings. The summed E-state index contributed by atoms with van der Waals surface area (Å²) in [5, 5.41) is 20.3. The second kappa shape index (κ2) is 13.1. The Balaban J connectivity index is 2.63. The Morgan fingerprint density at radius 3 is 1.60 bits per heavy atom. The molecule has 0 unspecified atom stereocenters. The number of hydrogen-bond acceptors (Lipinski definition) is 6. The molecule has 0 aliphatic rings. The number of ether oxygens (including phenoxy) is 1. The van der Waals surface area contributed by atoms with E-state index in [9.17, 15) is 14.7 Å². The van der Waals surface area contributed by atoms with Gasteiger partial charge in [0.1, 0.15) is 11.5 Å². The quantitative estimate of drug-likeness (QED) is 0.123. The van der Waals surface area contributed by atoms with Gasteiger partial charge in [-0.3, -0.25) is 9.59 Å². The van der Waals surface area contributed by atoms with Gasteiger partial charge in [0, 0.05) is 44.9 Å². The predicted molar refractivity (Wildman–Crippen MR) is 182 cm³/mol. The molecule has 0 aromatic heterocycles. The van der Waals surface area contributed by atoms with Crippen molar-refractivity contribution in [2.45, 2.75) is 152 Å². The SMILES string of the molecule is CC(C)(Sc1cc(C(C)(C)C)c(O)c(C(C)(C)C)c1)Sc1ccc(C(C)(C)C)c(OC(=O)CCCC(=O)O)c1C(C)(C)C. The van der Waals surface area contributed by atoms with Crippen LogP contribution in [0.2, 0.25) is 0 Å². The molecular weight excluding hydrogens is 577 g/mol. The number of thioether (sulfide) groups is 2. The first-order valence-corrected chi connectivity index (χ1v) is 16.7. The lowest BCUT2D eigenvalue weighted by Crippen LogP contribution is -2.23. The van der Waals surface area contributed by atoms with Gasteiger partial charge in [0.05, 0.1) is 4.08 Å². The zero-order valence-electron chi connectivity index (χ0n) is 28.9. The predicted octanol–water partition coefficient (Wildman–Crippen LogP) is 10.4. The number of carboxylic acids is 1. The van der Waals surface area contributed by atoms with Gasteiger partial charge in [-0.25, -0.2) is 0 Å². The molecular formula is C36H54O5S2. The first kappa shape index (κ1) is 37.1. The molecule has 43 heavy (non-hydrogen) atoms. The van der Waals surface area contributed by atoms with E-state index in [1.165, 1.54) is 0 Å². The third kappa shape index (κ3) is 10.2. The van der Waals surface area contributed by atoms with Gasteiger partial charge in [-0.1, -0.05) is 89.2 Å². The highest BCUT2D eigenvalue weighted by Crippen LogP contribution is 2.53. The smallest absolute Gasteiger partial charge is 0.311 e. The Morgan fingerprint density at radius 1 is 0.698 bits per heavy atom. The maximum Gasteiger partial charge on any atom is 0.311 e. The van der Waals surface area contributed by atoms with Gasteiger partial charge in [-0.15, -0.1) is 23.5 Å². The van der Waals surface area contributed by atoms with Crippen molar-refractivity contribution in [2.24, 2.45) is 0 Å². The van der Waals surface area contributed by atoms with Crippen LogP contribution in [0.3, 0.4) is 0 Å². The highest BCUT2D eigenvalue weighted by molar-refractivity contribution is 8.18. The van der Waals surface area contributed by atoms with E-state index in [0.29, 0.717) is 11.5 Å². The van der Waals surface area contributed by atoms with Crippen LogP contribution in [0.5, 0.6) is 11.5 Å². The second-order valence-electron chi connectivity index (χ2n) is 16.0. The molecule has 0 saturated carbocycles. The number of benzene rings is 2. The van der Waals surface area contributed by atoms with Gasteiger partial charge in [-0.2, -0.15) is 0 Å². The van der Waals surface area contributed by atoms with Crippen molar-refractivity contribution >= 4 is 35.5 Å². The Morgan fingerprint density at radius 2 is 1.19 bits per heavy atom. The Labute approximate surface area is 269 Å². The van der Waals surface area contributed by atoms with Crippen LogP contribution in [0.25, 0.3) is 0 Å². The van der Waals surface area contributed by atoms with Crippen LogP contribution in [0, 0.1) is 0 Å². The van der Waals surface area contributed by atoms with E-state index < -0.39 is 11.9 Å². The summed E-state index contributed by atoms with van der Waals surface area (Å²) in [5.41, 5.74) is 2.74. The molecule has 0 saturated heterocycles. The Hall–Kier alpha value is -2.12. The van der Waals surface area contributed by atoms with Crippen LogP contribution in [-0.4, -0.2) is 26.2 Å². The highest BCUT2D eigenvalue weighted by Gasteiger charge is 2.34. The average molecular weight is 631 g/mol. The van der Waals surface area contributed by atoms with Crippen molar-refractivity contribution < 1.29 is 24.5 Å². The molecule has 5 nitrogen and oxygen atoms in total. The van der Waals surface area contributed by atoms with Gasteiger partial charge < -0.3 is 14.9 Å². The number of carbonyl (C=O) groups excluding carboxylic acids is 1. The fourth-order valence-electron chi connectivity index (χ4n) is 4.99. The number of phenolic OH excluding ortho intramolecular Hbond substituents is 1. The molecule has 0 heterocycles. The number of phenols is 1. The fraction of sp³-hybridized carbons (Fsp3) is 0.611. The summed E-state index contributed by atoms with van der Waals surface area (Å²) >= 11 is 3.50. The molecule has 0 amide bonds. The van der Waals surface area contributed by atoms with E-state index in [-0.39, 0.29) is 45.0 Å². The van der Waals surface area contributed by atoms with Crippen LogP contribution in [0.15, 0.2) is 34.1 Å². The summed E-state index contributed by atoms with van der Waals surface area (Å²) in [6.07, 6.45) is 0.215. The molecule has 0 aliphatic carbocycles. The number of rotatable bonds is 9. The molecule has 0 bridgehead atoms. The van der Waals surface area contributed by atoms with Crippen molar-refractivity contribution in [1.29, 1.82) is 0 Å². The zero-order valence-corrected chi connectivity index (χ0v) is 30.5. The molecule has 2 aromatic carbocycles. The first-order chi connectivity index (χ1) is 19.2. The summed E-state index contributed by atoms with van der Waals surface area (Å²) in [6.45, 7) is 29.9. The van der Waals surface area contributed by atoms with E-state index in [4.69, 9.17) is 9.84 Å². The maximum atomic E-state index is 13.0. The van der Waals surface area contributed by atoms with E-state index in [1.807, 2.05) is 0 Å². The van der Waals surface area contributed by atoms with E-state index >= 15 is 0 Å². The molecule has 0 spiro atoms. The average Bonchev–Trinajstić information content (AvgIpc) is 2.76. The van der Waals surface area contributed by atoms with Crippen LogP contribution in [0.1, 0.15) is 138 Å². The lowest BCUT2D eigenvalue weighted by Gasteiger charge is -2.34. The lowest BCUT2D eigenvalue weighted by molar-refractivity contribution is -0.137. The number of carboxylic acid groups (broad SMARTS) is 1. The molecule has 2 N–H and O–H groups in total. The van der Waals surface area contributed by atoms with E-state index in [2.05, 4.69) is 121 Å². The number of carbonyl (C=O) groups is 2. The van der Waals surface area contributed by atoms with Crippen molar-refractivity contribution in [2.75, 3.05) is 0 Å². The summed E-state index contributed by atoms with van der Waals surface area (Å²) in [4.78, 5) is 26.1. The van der Waals surface area contributed by atoms with Crippen molar-refractivity contribution in [1.82, 2.24) is 0 Å². The second-order valence-corrected chi connectivity index (χ2v) is 19.6. The van der Waals surface area contributed by atoms with Crippen molar-refractivity contribution in [3.8, 4) is 11.5 Å². The summed E-state index contributed by atoms with van der Waals surface area (Å²) in [6, 6.07) is 8.45. The van der Waals surface area contributed by atoms with Gasteiger partial charge in [-0.05, 0) is 60.1 Å². The number of hydrogen-bond donors (Lipinski definition) is 2. The van der Waals surface area contributed by atoms with Crippen LogP contribution in [-0.2, 0) is 31.2 Å². The van der Waals surface area contributed by atoms with Gasteiger partial charge >= 0.3 is 11.9 Å². The molecule has 0 atom stereocenters. The van der Waals surface area contributed by atoms with Crippen molar-refractivity contribution in [3.05, 3.63) is 46.5 Å². The molecule has 240 valence electrons. The van der Waals surface area contributed by atoms with Crippen LogP contribution >= 0.6 is 23.5 Å². The first-order valence-electron chi connectivity index (χ1n) is 15.1. The zero-order chi connectivity index (χ0) is 33.3. The third-order valence-electron chi connectivity index (χ3n) is 7.08. The minimum absolute atomic E-state index is 0.0469. The van der Waals surface area contributed by atoms with E-state index in [1.54, 1.807) is 23.5 Å². The topological polar surface area (TPSA) is 83.8 Å². The Bertz CT molecular complexity index is 1290. The molecule has 2 aromatic rings. The molecule has 0 radical (unpaired) electrons. The monoisotopic (exact) mass is 630 g/mol. The lowest BCUT2D eigenvalue weighted by atomic mass is 9.79. The van der Waals surface area contributed by atoms with E-state index in [0.717, 1.165) is 32.0 Å². The highest BCUT2D eigenvalue weighted by atomic mass is 32.2. The van der Waals surface area contributed by atoms with Crippen LogP contribution < -0.4 is 4.74 Å². The number of aliphatic carboxylic acids is 1. The molecule has 0 aliphatic heterocycles. The van der Waals surface area contributed by atoms with Crippen molar-refractivity contribution in [3.63, 3.8) is 0 Å². The summed E-state index contributed by atoms with van der Waals surface area (Å²) in [5.74, 6) is -0.380. The number of aromatic hydroxyl groups is 1. The number of esters is 1. The van der Waals surface area contributed by atoms with Gasteiger partial charge in [0.25, 0.3) is 0 Å². The van der Waals surface area contributed by atoms with Gasteiger partial charge in [0.15, 0.2) is 0 Å². The largest absolute Gasteiger partial charge is 0.507 e. The summed E-state index contributed by atoms with van der Waals surface area (Å²) in [7, 11) is 0. The summed E-state index contributed by atoms with van der Waals surface area (Å²) < 4.78 is 5.81. The standard InChI is InChI=1S/C36H54O5S2/c1-32(2,3)23-18-19-26(29(35(10,11)12)31(23)41-28(39)17-15-16-27(37)38)43-36(13,14)42-22-20-24(33(4,5)6)30(40)25(21-22)34(7,8)9/h18-21,40H,15-17H2,1-14H3,(H,37,38). The normalized spacial score (nSPS) is 13.3. The van der Waals surface area contributed by atoms with Gasteiger partial charge in [0.2, 0.25) is 0 Å². The Kier molecular flexibility index (Phi) is 11.3. The minimum atomic E-state index is -0.922. The molecule has 2 rings (SSSR count). The maximum absolute atomic E-state index is 13.0.